The van der Waals surface area contributed by atoms with E-state index in [2.05, 4.69) is 10.9 Å². The van der Waals surface area contributed by atoms with Gasteiger partial charge in [0.25, 0.3) is 5.91 Å². The van der Waals surface area contributed by atoms with Crippen molar-refractivity contribution in [3.63, 3.8) is 0 Å². The Bertz CT molecular complexity index is 780. The van der Waals surface area contributed by atoms with Crippen LogP contribution >= 0.6 is 23.2 Å². The number of nitrogens with one attached hydrogen (secondary N) is 2. The number of esters is 1. The van der Waals surface area contributed by atoms with Crippen LogP contribution in [-0.4, -0.2) is 18.0 Å². The number of amides is 1. The Balaban J connectivity index is 1.65. The van der Waals surface area contributed by atoms with E-state index < -0.39 is 18.0 Å². The number of cyclic esters (lactones) is 1. The Morgan fingerprint density at radius 1 is 1.13 bits per heavy atom. The zero-order valence-electron chi connectivity index (χ0n) is 11.8. The standard InChI is InChI=1S/C16H12Cl2N2O3/c17-12-6-5-10(8-13(12)18)19-20-15(21)14-7-9-3-1-2-4-11(9)16(22)23-14/h1-6,8,14,19H,7H2,(H,20,21)/t14-/m0/s1. The van der Waals surface area contributed by atoms with Crippen LogP contribution in [0.1, 0.15) is 15.9 Å². The lowest BCUT2D eigenvalue weighted by atomic mass is 9.98. The first-order valence-corrected chi connectivity index (χ1v) is 7.60. The summed E-state index contributed by atoms with van der Waals surface area (Å²) in [5, 5.41) is 0.783. The number of hydrogen-bond donors (Lipinski definition) is 2. The third kappa shape index (κ3) is 3.41. The van der Waals surface area contributed by atoms with Gasteiger partial charge in [0.1, 0.15) is 0 Å². The fourth-order valence-electron chi connectivity index (χ4n) is 2.27. The van der Waals surface area contributed by atoms with Gasteiger partial charge < -0.3 is 4.74 Å². The Hall–Kier alpha value is -2.24. The van der Waals surface area contributed by atoms with Gasteiger partial charge in [-0.05, 0) is 29.8 Å². The summed E-state index contributed by atoms with van der Waals surface area (Å²) in [7, 11) is 0. The number of carbonyl (C=O) groups excluding carboxylic acids is 2. The molecular weight excluding hydrogens is 339 g/mol. The van der Waals surface area contributed by atoms with Crippen molar-refractivity contribution in [2.45, 2.75) is 12.5 Å². The maximum absolute atomic E-state index is 12.2. The average Bonchev–Trinajstić information content (AvgIpc) is 2.55. The van der Waals surface area contributed by atoms with Gasteiger partial charge in [0.15, 0.2) is 6.10 Å². The first-order chi connectivity index (χ1) is 11.0. The van der Waals surface area contributed by atoms with Crippen molar-refractivity contribution >= 4 is 40.8 Å². The number of ether oxygens (including phenoxy) is 1. The Labute approximate surface area is 142 Å². The normalized spacial score (nSPS) is 16.3. The minimum atomic E-state index is -0.882. The van der Waals surface area contributed by atoms with Crippen LogP contribution in [0, 0.1) is 0 Å². The van der Waals surface area contributed by atoms with E-state index in [0.29, 0.717) is 27.7 Å². The molecule has 1 heterocycles. The molecule has 1 aliphatic heterocycles. The molecule has 3 rings (SSSR count). The maximum atomic E-state index is 12.2. The molecule has 0 bridgehead atoms. The molecular formula is C16H12Cl2N2O3. The smallest absolute Gasteiger partial charge is 0.339 e. The van der Waals surface area contributed by atoms with Crippen LogP contribution in [0.2, 0.25) is 10.0 Å². The molecule has 0 spiro atoms. The second kappa shape index (κ2) is 6.48. The number of benzene rings is 2. The van der Waals surface area contributed by atoms with Crippen molar-refractivity contribution in [1.82, 2.24) is 5.43 Å². The van der Waals surface area contributed by atoms with E-state index in [1.165, 1.54) is 0 Å². The van der Waals surface area contributed by atoms with E-state index in [0.717, 1.165) is 5.56 Å². The third-order valence-corrected chi connectivity index (χ3v) is 4.17. The number of rotatable bonds is 3. The summed E-state index contributed by atoms with van der Waals surface area (Å²) in [5.74, 6) is -0.944. The van der Waals surface area contributed by atoms with Crippen LogP contribution in [0.5, 0.6) is 0 Å². The molecule has 1 atom stereocenters. The minimum Gasteiger partial charge on any atom is -0.448 e. The molecule has 0 unspecified atom stereocenters. The van der Waals surface area contributed by atoms with E-state index in [-0.39, 0.29) is 0 Å². The second-order valence-electron chi connectivity index (χ2n) is 5.00. The van der Waals surface area contributed by atoms with Gasteiger partial charge in [-0.25, -0.2) is 4.79 Å². The molecule has 0 fully saturated rings. The molecule has 7 heteroatoms. The van der Waals surface area contributed by atoms with Gasteiger partial charge in [-0.2, -0.15) is 0 Å². The summed E-state index contributed by atoms with van der Waals surface area (Å²) >= 11 is 11.7. The van der Waals surface area contributed by atoms with Crippen molar-refractivity contribution in [1.29, 1.82) is 0 Å². The lowest BCUT2D eigenvalue weighted by Crippen LogP contribution is -2.43. The molecule has 23 heavy (non-hydrogen) atoms. The number of anilines is 1. The van der Waals surface area contributed by atoms with E-state index in [9.17, 15) is 9.59 Å². The predicted octanol–water partition coefficient (Wildman–Crippen LogP) is 3.22. The van der Waals surface area contributed by atoms with Gasteiger partial charge in [-0.1, -0.05) is 41.4 Å². The molecule has 0 aliphatic carbocycles. The number of hydrogen-bond acceptors (Lipinski definition) is 4. The Morgan fingerprint density at radius 2 is 1.91 bits per heavy atom. The van der Waals surface area contributed by atoms with Crippen molar-refractivity contribution < 1.29 is 14.3 Å². The van der Waals surface area contributed by atoms with Crippen molar-refractivity contribution in [2.75, 3.05) is 5.43 Å². The Morgan fingerprint density at radius 3 is 2.70 bits per heavy atom. The highest BCUT2D eigenvalue weighted by Gasteiger charge is 2.30. The summed E-state index contributed by atoms with van der Waals surface area (Å²) in [5.41, 5.74) is 7.06. The molecule has 0 saturated carbocycles. The SMILES string of the molecule is O=C1O[C@H](C(=O)NNc2ccc(Cl)c(Cl)c2)Cc2ccccc21. The molecule has 2 aromatic carbocycles. The molecule has 1 amide bonds. The quantitative estimate of drug-likeness (QED) is 0.658. The van der Waals surface area contributed by atoms with Crippen molar-refractivity contribution in [3.05, 3.63) is 63.6 Å². The van der Waals surface area contributed by atoms with Crippen LogP contribution in [0.4, 0.5) is 5.69 Å². The largest absolute Gasteiger partial charge is 0.448 e. The average molecular weight is 351 g/mol. The molecule has 0 radical (unpaired) electrons. The maximum Gasteiger partial charge on any atom is 0.339 e. The molecule has 2 aromatic rings. The van der Waals surface area contributed by atoms with E-state index in [1.807, 2.05) is 12.1 Å². The van der Waals surface area contributed by atoms with E-state index in [4.69, 9.17) is 27.9 Å². The van der Waals surface area contributed by atoms with Crippen LogP contribution in [0.25, 0.3) is 0 Å². The number of hydrazine groups is 1. The predicted molar refractivity (Wildman–Crippen MR) is 87.6 cm³/mol. The van der Waals surface area contributed by atoms with Gasteiger partial charge in [-0.15, -0.1) is 0 Å². The fourth-order valence-corrected chi connectivity index (χ4v) is 2.56. The molecule has 0 saturated heterocycles. The first-order valence-electron chi connectivity index (χ1n) is 6.84. The highest BCUT2D eigenvalue weighted by Crippen LogP contribution is 2.25. The van der Waals surface area contributed by atoms with Crippen LogP contribution in [0.15, 0.2) is 42.5 Å². The molecule has 2 N–H and O–H groups in total. The lowest BCUT2D eigenvalue weighted by molar-refractivity contribution is -0.129. The molecule has 1 aliphatic rings. The first kappa shape index (κ1) is 15.6. The van der Waals surface area contributed by atoms with Crippen LogP contribution in [0.3, 0.4) is 0 Å². The summed E-state index contributed by atoms with van der Waals surface area (Å²) in [4.78, 5) is 24.1. The van der Waals surface area contributed by atoms with Crippen LogP contribution in [-0.2, 0) is 16.0 Å². The Kier molecular flexibility index (Phi) is 4.41. The van der Waals surface area contributed by atoms with Gasteiger partial charge in [0, 0.05) is 6.42 Å². The summed E-state index contributed by atoms with van der Waals surface area (Å²) in [6, 6.07) is 11.9. The molecule has 118 valence electrons. The van der Waals surface area contributed by atoms with E-state index >= 15 is 0 Å². The third-order valence-electron chi connectivity index (χ3n) is 3.43. The summed E-state index contributed by atoms with van der Waals surface area (Å²) < 4.78 is 5.17. The second-order valence-corrected chi connectivity index (χ2v) is 5.81. The lowest BCUT2D eigenvalue weighted by Gasteiger charge is -2.24. The topological polar surface area (TPSA) is 67.4 Å². The highest BCUT2D eigenvalue weighted by molar-refractivity contribution is 6.42. The zero-order chi connectivity index (χ0) is 16.4. The number of carbonyl (C=O) groups is 2. The van der Waals surface area contributed by atoms with Crippen molar-refractivity contribution in [3.8, 4) is 0 Å². The number of fused-ring (bicyclic) bond motifs is 1. The minimum absolute atomic E-state index is 0.330. The van der Waals surface area contributed by atoms with Gasteiger partial charge in [0.05, 0.1) is 21.3 Å². The molecule has 5 nitrogen and oxygen atoms in total. The summed E-state index contributed by atoms with van der Waals surface area (Å²) in [6.45, 7) is 0. The van der Waals surface area contributed by atoms with Gasteiger partial charge >= 0.3 is 5.97 Å². The fraction of sp³-hybridized carbons (Fsp3) is 0.125. The highest BCUT2D eigenvalue weighted by atomic mass is 35.5. The van der Waals surface area contributed by atoms with E-state index in [1.54, 1.807) is 30.3 Å². The monoisotopic (exact) mass is 350 g/mol. The van der Waals surface area contributed by atoms with Gasteiger partial charge in [-0.3, -0.25) is 15.6 Å². The van der Waals surface area contributed by atoms with Crippen molar-refractivity contribution in [2.24, 2.45) is 0 Å². The summed E-state index contributed by atoms with van der Waals surface area (Å²) in [6.07, 6.45) is -0.552. The van der Waals surface area contributed by atoms with Crippen LogP contribution < -0.4 is 10.9 Å². The zero-order valence-corrected chi connectivity index (χ0v) is 13.3. The number of halogens is 2. The van der Waals surface area contributed by atoms with Gasteiger partial charge in [0.2, 0.25) is 0 Å². The molecule has 0 aromatic heterocycles.